The third-order valence-corrected chi connectivity index (χ3v) is 4.65. The molecule has 0 radical (unpaired) electrons. The summed E-state index contributed by atoms with van der Waals surface area (Å²) in [7, 11) is 0. The summed E-state index contributed by atoms with van der Waals surface area (Å²) in [6.07, 6.45) is 2.47. The number of rotatable bonds is 8. The molecular weight excluding hydrogens is 351 g/mol. The zero-order valence-corrected chi connectivity index (χ0v) is 15.3. The van der Waals surface area contributed by atoms with Crippen LogP contribution in [-0.4, -0.2) is 56.6 Å². The molecule has 1 aromatic heterocycles. The number of tetrazole rings is 1. The number of benzene rings is 1. The second-order valence-electron chi connectivity index (χ2n) is 6.65. The Labute approximate surface area is 156 Å². The van der Waals surface area contributed by atoms with E-state index < -0.39 is 6.04 Å². The van der Waals surface area contributed by atoms with Gasteiger partial charge in [0.05, 0.1) is 0 Å². The number of nitrogens with one attached hydrogen (secondary N) is 1. The minimum absolute atomic E-state index is 0.176. The van der Waals surface area contributed by atoms with Gasteiger partial charge in [-0.25, -0.2) is 9.07 Å². The fraction of sp³-hybridized carbons (Fsp3) is 0.500. The molecule has 0 bridgehead atoms. The molecule has 2 amide bonds. The third kappa shape index (κ3) is 4.87. The van der Waals surface area contributed by atoms with E-state index in [1.165, 1.54) is 16.8 Å². The molecule has 1 aromatic carbocycles. The van der Waals surface area contributed by atoms with Gasteiger partial charge in [-0.15, -0.1) is 5.10 Å². The number of carbonyl (C=O) groups excluding carboxylic acids is 2. The molecule has 1 aliphatic rings. The minimum Gasteiger partial charge on any atom is -0.354 e. The maximum Gasteiger partial charge on any atom is 0.245 e. The molecule has 8 nitrogen and oxygen atoms in total. The van der Waals surface area contributed by atoms with Crippen molar-refractivity contribution in [3.8, 4) is 0 Å². The molecule has 9 heteroatoms. The summed E-state index contributed by atoms with van der Waals surface area (Å²) in [6.45, 7) is 3.59. The van der Waals surface area contributed by atoms with Gasteiger partial charge < -0.3 is 10.2 Å². The van der Waals surface area contributed by atoms with Gasteiger partial charge in [0.2, 0.25) is 11.8 Å². The first-order chi connectivity index (χ1) is 13.0. The van der Waals surface area contributed by atoms with E-state index in [9.17, 15) is 14.0 Å². The first kappa shape index (κ1) is 18.9. The fourth-order valence-electron chi connectivity index (χ4n) is 3.24. The molecule has 1 aliphatic heterocycles. The molecule has 2 aromatic rings. The van der Waals surface area contributed by atoms with Crippen LogP contribution in [0.4, 0.5) is 4.39 Å². The van der Waals surface area contributed by atoms with Crippen molar-refractivity contribution >= 4 is 11.8 Å². The van der Waals surface area contributed by atoms with E-state index in [-0.39, 0.29) is 24.1 Å². The van der Waals surface area contributed by atoms with Gasteiger partial charge in [0.25, 0.3) is 0 Å². The Hall–Kier alpha value is -2.84. The van der Waals surface area contributed by atoms with Gasteiger partial charge in [0, 0.05) is 32.5 Å². The van der Waals surface area contributed by atoms with Crippen molar-refractivity contribution in [2.75, 3.05) is 19.6 Å². The largest absolute Gasteiger partial charge is 0.354 e. The number of likely N-dealkylation sites (tertiary alicyclic amines) is 1. The maximum absolute atomic E-state index is 13.5. The summed E-state index contributed by atoms with van der Waals surface area (Å²) in [5, 5.41) is 14.2. The number of halogens is 1. The lowest BCUT2D eigenvalue weighted by Crippen LogP contribution is -2.37. The summed E-state index contributed by atoms with van der Waals surface area (Å²) in [6, 6.07) is 5.47. The predicted molar refractivity (Wildman–Crippen MR) is 95.1 cm³/mol. The fourth-order valence-corrected chi connectivity index (χ4v) is 3.24. The summed E-state index contributed by atoms with van der Waals surface area (Å²) in [4.78, 5) is 26.2. The van der Waals surface area contributed by atoms with Gasteiger partial charge in [0.1, 0.15) is 17.7 Å². The van der Waals surface area contributed by atoms with Gasteiger partial charge in [-0.1, -0.05) is 12.1 Å². The standard InChI is InChI=1S/C18H23FN6O2/c1-13-21-22-23-25(13)16(12-14-5-2-6-15(19)11-14)18(27)20-8-4-10-24-9-3-7-17(24)26/h2,5-6,11,16H,3-4,7-10,12H2,1H3,(H,20,27). The summed E-state index contributed by atoms with van der Waals surface area (Å²) >= 11 is 0. The molecule has 1 N–H and O–H groups in total. The zero-order valence-electron chi connectivity index (χ0n) is 15.3. The highest BCUT2D eigenvalue weighted by Gasteiger charge is 2.24. The molecule has 0 aliphatic carbocycles. The number of aromatic nitrogens is 4. The highest BCUT2D eigenvalue weighted by atomic mass is 19.1. The highest BCUT2D eigenvalue weighted by molar-refractivity contribution is 5.80. The van der Waals surface area contributed by atoms with E-state index in [0.29, 0.717) is 37.3 Å². The van der Waals surface area contributed by atoms with E-state index in [0.717, 1.165) is 13.0 Å². The Balaban J connectivity index is 1.60. The molecule has 27 heavy (non-hydrogen) atoms. The Kier molecular flexibility index (Phi) is 6.10. The molecule has 1 atom stereocenters. The van der Waals surface area contributed by atoms with Crippen LogP contribution in [0.1, 0.15) is 36.7 Å². The van der Waals surface area contributed by atoms with Gasteiger partial charge in [-0.2, -0.15) is 0 Å². The Bertz CT molecular complexity index is 809. The lowest BCUT2D eigenvalue weighted by molar-refractivity contribution is -0.127. The van der Waals surface area contributed by atoms with E-state index in [1.54, 1.807) is 19.1 Å². The van der Waals surface area contributed by atoms with Crippen molar-refractivity contribution in [2.45, 2.75) is 38.6 Å². The van der Waals surface area contributed by atoms with Crippen LogP contribution in [-0.2, 0) is 16.0 Å². The minimum atomic E-state index is -0.671. The highest BCUT2D eigenvalue weighted by Crippen LogP contribution is 2.16. The second-order valence-corrected chi connectivity index (χ2v) is 6.65. The number of hydrogen-bond acceptors (Lipinski definition) is 5. The average molecular weight is 374 g/mol. The quantitative estimate of drug-likeness (QED) is 0.697. The van der Waals surface area contributed by atoms with Crippen molar-refractivity contribution in [3.63, 3.8) is 0 Å². The van der Waals surface area contributed by atoms with Crippen LogP contribution in [0.15, 0.2) is 24.3 Å². The number of hydrogen-bond donors (Lipinski definition) is 1. The maximum atomic E-state index is 13.5. The molecule has 1 saturated heterocycles. The summed E-state index contributed by atoms with van der Waals surface area (Å²) in [5.74, 6) is 0.0987. The van der Waals surface area contributed by atoms with Gasteiger partial charge in [0.15, 0.2) is 0 Å². The lowest BCUT2D eigenvalue weighted by Gasteiger charge is -2.19. The van der Waals surface area contributed by atoms with Crippen LogP contribution in [0.5, 0.6) is 0 Å². The van der Waals surface area contributed by atoms with Gasteiger partial charge in [-0.3, -0.25) is 9.59 Å². The number of nitrogens with zero attached hydrogens (tertiary/aromatic N) is 5. The number of amides is 2. The van der Waals surface area contributed by atoms with Crippen LogP contribution >= 0.6 is 0 Å². The van der Waals surface area contributed by atoms with Gasteiger partial charge in [-0.05, 0) is 47.9 Å². The van der Waals surface area contributed by atoms with Crippen molar-refractivity contribution in [1.82, 2.24) is 30.4 Å². The number of carbonyl (C=O) groups is 2. The first-order valence-corrected chi connectivity index (χ1v) is 9.09. The van der Waals surface area contributed by atoms with Gasteiger partial charge >= 0.3 is 0 Å². The molecule has 1 fully saturated rings. The molecular formula is C18H23FN6O2. The van der Waals surface area contributed by atoms with E-state index in [2.05, 4.69) is 20.8 Å². The van der Waals surface area contributed by atoms with Crippen LogP contribution in [0, 0.1) is 12.7 Å². The molecule has 0 spiro atoms. The topological polar surface area (TPSA) is 93.0 Å². The Morgan fingerprint density at radius 3 is 2.93 bits per heavy atom. The SMILES string of the molecule is Cc1nnnn1C(Cc1cccc(F)c1)C(=O)NCCCN1CCCC1=O. The van der Waals surface area contributed by atoms with Crippen molar-refractivity contribution in [3.05, 3.63) is 41.5 Å². The normalized spacial score (nSPS) is 15.2. The first-order valence-electron chi connectivity index (χ1n) is 9.09. The van der Waals surface area contributed by atoms with Crippen molar-refractivity contribution < 1.29 is 14.0 Å². The molecule has 2 heterocycles. The van der Waals surface area contributed by atoms with E-state index in [4.69, 9.17) is 0 Å². The van der Waals surface area contributed by atoms with Crippen LogP contribution in [0.25, 0.3) is 0 Å². The van der Waals surface area contributed by atoms with Crippen LogP contribution < -0.4 is 5.32 Å². The van der Waals surface area contributed by atoms with E-state index in [1.807, 2.05) is 4.90 Å². The van der Waals surface area contributed by atoms with Crippen LogP contribution in [0.3, 0.4) is 0 Å². The lowest BCUT2D eigenvalue weighted by atomic mass is 10.0. The van der Waals surface area contributed by atoms with Crippen molar-refractivity contribution in [1.29, 1.82) is 0 Å². The summed E-state index contributed by atoms with van der Waals surface area (Å²) in [5.41, 5.74) is 0.688. The monoisotopic (exact) mass is 374 g/mol. The Morgan fingerprint density at radius 2 is 2.26 bits per heavy atom. The summed E-state index contributed by atoms with van der Waals surface area (Å²) < 4.78 is 14.9. The smallest absolute Gasteiger partial charge is 0.245 e. The Morgan fingerprint density at radius 1 is 1.41 bits per heavy atom. The molecule has 1 unspecified atom stereocenters. The van der Waals surface area contributed by atoms with E-state index >= 15 is 0 Å². The third-order valence-electron chi connectivity index (χ3n) is 4.65. The second kappa shape index (κ2) is 8.70. The average Bonchev–Trinajstić information content (AvgIpc) is 3.25. The molecule has 0 saturated carbocycles. The molecule has 3 rings (SSSR count). The zero-order chi connectivity index (χ0) is 19.2. The number of aryl methyl sites for hydroxylation is 1. The molecule has 144 valence electrons. The predicted octanol–water partition coefficient (Wildman–Crippen LogP) is 1.03. The van der Waals surface area contributed by atoms with Crippen LogP contribution in [0.2, 0.25) is 0 Å². The van der Waals surface area contributed by atoms with Crippen molar-refractivity contribution in [2.24, 2.45) is 0 Å².